The van der Waals surface area contributed by atoms with Crippen LogP contribution in [0.1, 0.15) is 41.1 Å². The van der Waals surface area contributed by atoms with E-state index in [1.165, 1.54) is 47.5 Å². The Balaban J connectivity index is 1.85. The standard InChI is InChI=1S/C23H18ClFN4O3/c24-15-3-1-4-16(25)20(15)19-14(11-26)22(27)29(17-5-2-6-18(31)21(17)19)28-23(32)12-7-9-13(30)10-8-12/h1,3-4,7-10,19,30H,2,5-6,27H2,(H,28,32). The molecule has 162 valence electrons. The second-order valence-corrected chi connectivity index (χ2v) is 7.85. The summed E-state index contributed by atoms with van der Waals surface area (Å²) >= 11 is 6.27. The Kier molecular flexibility index (Phi) is 5.59. The van der Waals surface area contributed by atoms with Crippen molar-refractivity contribution in [3.05, 3.63) is 87.1 Å². The van der Waals surface area contributed by atoms with E-state index in [2.05, 4.69) is 5.43 Å². The third-order valence-electron chi connectivity index (χ3n) is 5.54. The number of phenolic OH excluding ortho intramolecular Hbond substituents is 1. The third-order valence-corrected chi connectivity index (χ3v) is 5.87. The number of carbonyl (C=O) groups excluding carboxylic acids is 2. The molecule has 1 heterocycles. The fraction of sp³-hybridized carbons (Fsp3) is 0.174. The first-order valence-corrected chi connectivity index (χ1v) is 10.2. The van der Waals surface area contributed by atoms with Crippen molar-refractivity contribution >= 4 is 23.3 Å². The summed E-state index contributed by atoms with van der Waals surface area (Å²) in [5.74, 6) is -2.67. The molecule has 32 heavy (non-hydrogen) atoms. The number of hydrazine groups is 1. The van der Waals surface area contributed by atoms with Gasteiger partial charge in [-0.3, -0.25) is 15.0 Å². The number of ketones is 1. The summed E-state index contributed by atoms with van der Waals surface area (Å²) in [4.78, 5) is 25.8. The summed E-state index contributed by atoms with van der Waals surface area (Å²) in [6, 6.07) is 11.7. The maximum absolute atomic E-state index is 14.8. The molecule has 2 aromatic rings. The van der Waals surface area contributed by atoms with E-state index in [9.17, 15) is 24.3 Å². The summed E-state index contributed by atoms with van der Waals surface area (Å²) in [5.41, 5.74) is 9.65. The number of carbonyl (C=O) groups is 2. The summed E-state index contributed by atoms with van der Waals surface area (Å²) in [7, 11) is 0. The lowest BCUT2D eigenvalue weighted by atomic mass is 9.76. The molecule has 0 aromatic heterocycles. The second-order valence-electron chi connectivity index (χ2n) is 7.44. The van der Waals surface area contributed by atoms with Crippen LogP contribution in [0.5, 0.6) is 5.75 Å². The molecule has 0 spiro atoms. The van der Waals surface area contributed by atoms with Crippen LogP contribution in [0.2, 0.25) is 5.02 Å². The molecule has 4 rings (SSSR count). The molecule has 1 atom stereocenters. The van der Waals surface area contributed by atoms with Gasteiger partial charge in [-0.2, -0.15) is 5.26 Å². The lowest BCUT2D eigenvalue weighted by molar-refractivity contribution is -0.116. The van der Waals surface area contributed by atoms with Gasteiger partial charge in [-0.25, -0.2) is 9.40 Å². The number of nitriles is 1. The van der Waals surface area contributed by atoms with Gasteiger partial charge in [0.15, 0.2) is 5.78 Å². The van der Waals surface area contributed by atoms with Crippen molar-refractivity contribution in [2.45, 2.75) is 25.2 Å². The molecule has 2 aromatic carbocycles. The Bertz CT molecular complexity index is 1210. The van der Waals surface area contributed by atoms with E-state index >= 15 is 0 Å². The van der Waals surface area contributed by atoms with E-state index in [-0.39, 0.29) is 51.1 Å². The van der Waals surface area contributed by atoms with Crippen molar-refractivity contribution in [1.29, 1.82) is 5.26 Å². The normalized spacial score (nSPS) is 18.3. The minimum atomic E-state index is -1.07. The average molecular weight is 453 g/mol. The van der Waals surface area contributed by atoms with E-state index in [1.54, 1.807) is 0 Å². The molecule has 0 saturated carbocycles. The number of benzene rings is 2. The smallest absolute Gasteiger partial charge is 0.270 e. The van der Waals surface area contributed by atoms with E-state index < -0.39 is 17.6 Å². The quantitative estimate of drug-likeness (QED) is 0.654. The fourth-order valence-electron chi connectivity index (χ4n) is 4.07. The van der Waals surface area contributed by atoms with Gasteiger partial charge in [-0.15, -0.1) is 0 Å². The maximum Gasteiger partial charge on any atom is 0.270 e. The maximum atomic E-state index is 14.8. The number of nitrogens with zero attached hydrogens (tertiary/aromatic N) is 2. The highest BCUT2D eigenvalue weighted by molar-refractivity contribution is 6.31. The van der Waals surface area contributed by atoms with Crippen molar-refractivity contribution in [1.82, 2.24) is 10.4 Å². The fourth-order valence-corrected chi connectivity index (χ4v) is 4.34. The summed E-state index contributed by atoms with van der Waals surface area (Å²) in [5, 5.41) is 20.6. The van der Waals surface area contributed by atoms with Gasteiger partial charge in [0.05, 0.1) is 17.6 Å². The molecule has 9 heteroatoms. The minimum absolute atomic E-state index is 0.000859. The zero-order valence-corrected chi connectivity index (χ0v) is 17.5. The van der Waals surface area contributed by atoms with Gasteiger partial charge in [0.25, 0.3) is 5.91 Å². The molecular formula is C23H18ClFN4O3. The molecule has 0 fully saturated rings. The highest BCUT2D eigenvalue weighted by atomic mass is 35.5. The summed E-state index contributed by atoms with van der Waals surface area (Å²) in [6.45, 7) is 0. The number of nitrogens with one attached hydrogen (secondary N) is 1. The number of hydrogen-bond acceptors (Lipinski definition) is 6. The molecule has 2 aliphatic rings. The van der Waals surface area contributed by atoms with Gasteiger partial charge < -0.3 is 10.8 Å². The predicted octanol–water partition coefficient (Wildman–Crippen LogP) is 3.63. The van der Waals surface area contributed by atoms with Crippen LogP contribution in [0.4, 0.5) is 4.39 Å². The Morgan fingerprint density at radius 2 is 1.97 bits per heavy atom. The number of rotatable bonds is 3. The van der Waals surface area contributed by atoms with Crippen LogP contribution >= 0.6 is 11.6 Å². The zero-order chi connectivity index (χ0) is 23.0. The molecule has 1 aliphatic heterocycles. The van der Waals surface area contributed by atoms with Gasteiger partial charge in [0.2, 0.25) is 0 Å². The third kappa shape index (κ3) is 3.57. The Morgan fingerprint density at radius 3 is 2.62 bits per heavy atom. The summed E-state index contributed by atoms with van der Waals surface area (Å²) in [6.07, 6.45) is 1.12. The van der Waals surface area contributed by atoms with Gasteiger partial charge in [-0.1, -0.05) is 17.7 Å². The van der Waals surface area contributed by atoms with Crippen LogP contribution in [0, 0.1) is 17.1 Å². The first-order valence-electron chi connectivity index (χ1n) is 9.83. The number of halogens is 2. The average Bonchev–Trinajstić information content (AvgIpc) is 2.76. The van der Waals surface area contributed by atoms with Gasteiger partial charge in [0.1, 0.15) is 17.4 Å². The predicted molar refractivity (Wildman–Crippen MR) is 114 cm³/mol. The SMILES string of the molecule is N#CC1=C(N)N(NC(=O)c2ccc(O)cc2)C2=C(C(=O)CCC2)C1c1c(F)cccc1Cl. The van der Waals surface area contributed by atoms with Crippen LogP contribution in [0.25, 0.3) is 0 Å². The Morgan fingerprint density at radius 1 is 1.25 bits per heavy atom. The number of nitrogens with two attached hydrogens (primary N) is 1. The Labute approximate surface area is 188 Å². The highest BCUT2D eigenvalue weighted by Gasteiger charge is 2.42. The lowest BCUT2D eigenvalue weighted by Gasteiger charge is -2.39. The molecule has 1 amide bonds. The molecule has 0 radical (unpaired) electrons. The number of aromatic hydroxyl groups is 1. The van der Waals surface area contributed by atoms with Crippen molar-refractivity contribution in [3.63, 3.8) is 0 Å². The van der Waals surface area contributed by atoms with Crippen molar-refractivity contribution < 1.29 is 19.1 Å². The number of amides is 1. The molecule has 1 aliphatic carbocycles. The van der Waals surface area contributed by atoms with E-state index in [1.807, 2.05) is 6.07 Å². The van der Waals surface area contributed by atoms with Crippen LogP contribution < -0.4 is 11.2 Å². The van der Waals surface area contributed by atoms with Gasteiger partial charge in [-0.05, 0) is 49.2 Å². The molecule has 4 N–H and O–H groups in total. The highest BCUT2D eigenvalue weighted by Crippen LogP contribution is 2.46. The molecule has 0 saturated heterocycles. The van der Waals surface area contributed by atoms with E-state index in [4.69, 9.17) is 17.3 Å². The van der Waals surface area contributed by atoms with Crippen LogP contribution in [0.15, 0.2) is 65.1 Å². The van der Waals surface area contributed by atoms with Crippen molar-refractivity contribution in [3.8, 4) is 11.8 Å². The van der Waals surface area contributed by atoms with E-state index in [0.29, 0.717) is 18.5 Å². The topological polar surface area (TPSA) is 119 Å². The first-order chi connectivity index (χ1) is 15.3. The van der Waals surface area contributed by atoms with Crippen LogP contribution in [-0.4, -0.2) is 21.8 Å². The number of allylic oxidation sites excluding steroid dienone is 3. The summed E-state index contributed by atoms with van der Waals surface area (Å²) < 4.78 is 14.8. The minimum Gasteiger partial charge on any atom is -0.508 e. The first kappa shape index (κ1) is 21.4. The zero-order valence-electron chi connectivity index (χ0n) is 16.7. The molecule has 0 bridgehead atoms. The Hall–Kier alpha value is -3.83. The van der Waals surface area contributed by atoms with Crippen LogP contribution in [-0.2, 0) is 4.79 Å². The number of Topliss-reactive ketones (excluding diaryl/α,β-unsaturated/α-hetero) is 1. The number of hydrogen-bond donors (Lipinski definition) is 3. The monoisotopic (exact) mass is 452 g/mol. The van der Waals surface area contributed by atoms with Crippen molar-refractivity contribution in [2.24, 2.45) is 5.73 Å². The largest absolute Gasteiger partial charge is 0.508 e. The molecular weight excluding hydrogens is 435 g/mol. The van der Waals surface area contributed by atoms with Gasteiger partial charge in [0, 0.05) is 33.8 Å². The second kappa shape index (κ2) is 8.36. The molecule has 7 nitrogen and oxygen atoms in total. The van der Waals surface area contributed by atoms with E-state index in [0.717, 1.165) is 0 Å². The van der Waals surface area contributed by atoms with Crippen LogP contribution in [0.3, 0.4) is 0 Å². The molecule has 1 unspecified atom stereocenters. The van der Waals surface area contributed by atoms with Crippen molar-refractivity contribution in [2.75, 3.05) is 0 Å². The van der Waals surface area contributed by atoms with Gasteiger partial charge >= 0.3 is 0 Å². The lowest BCUT2D eigenvalue weighted by Crippen LogP contribution is -2.48. The number of phenols is 1.